The predicted molar refractivity (Wildman–Crippen MR) is 256 cm³/mol. The van der Waals surface area contributed by atoms with Crippen molar-refractivity contribution in [3.63, 3.8) is 0 Å². The normalized spacial score (nSPS) is 18.5. The Hall–Kier alpha value is -5.54. The van der Waals surface area contributed by atoms with E-state index in [1.807, 2.05) is 27.8 Å². The van der Waals surface area contributed by atoms with Crippen LogP contribution in [-0.2, 0) is 19.9 Å². The maximum Gasteiger partial charge on any atom is 0.502 e. The lowest BCUT2D eigenvalue weighted by atomic mass is 9.72. The number of piperidine rings is 1. The lowest BCUT2D eigenvalue weighted by Gasteiger charge is -2.39. The van der Waals surface area contributed by atoms with Gasteiger partial charge in [0, 0.05) is 74.3 Å². The van der Waals surface area contributed by atoms with Gasteiger partial charge in [-0.05, 0) is 116 Å². The van der Waals surface area contributed by atoms with Crippen LogP contribution in [0.15, 0.2) is 101 Å². The van der Waals surface area contributed by atoms with Crippen LogP contribution in [0.5, 0.6) is 5.75 Å². The fraction of sp³-hybridized carbons (Fsp3) is 0.396. The first-order chi connectivity index (χ1) is 32.6. The van der Waals surface area contributed by atoms with Crippen molar-refractivity contribution in [2.75, 3.05) is 64.4 Å². The number of nitrogens with one attached hydrogen (secondary N) is 2. The van der Waals surface area contributed by atoms with Gasteiger partial charge in [0.15, 0.2) is 5.65 Å². The Labute approximate surface area is 402 Å². The SMILES string of the molecule is CN1CCC(F)(COc2ccc(S(=O)(=O)NC(=O)c3ccc(N4CCN(CC5=C(c6ccc(Cl)cc6)CC(C)(C)CC5)CC4)cc3-n3[nH]cc4nc5nccc5cc43)cc2S(=O)(=O)C(F)(F)F)CC1. The van der Waals surface area contributed by atoms with Crippen LogP contribution in [0, 0.1) is 5.41 Å². The molecule has 3 aromatic heterocycles. The highest BCUT2D eigenvalue weighted by molar-refractivity contribution is 7.92. The molecule has 0 saturated carbocycles. The number of nitrogens with zero attached hydrogens (tertiary/aromatic N) is 6. The third-order valence-electron chi connectivity index (χ3n) is 13.5. The number of rotatable bonds is 12. The topological polar surface area (TPSA) is 163 Å². The van der Waals surface area contributed by atoms with Crippen molar-refractivity contribution in [1.29, 1.82) is 0 Å². The molecule has 9 rings (SSSR count). The molecule has 2 saturated heterocycles. The van der Waals surface area contributed by atoms with Crippen molar-refractivity contribution in [3.05, 3.63) is 107 Å². The van der Waals surface area contributed by atoms with Crippen LogP contribution in [0.4, 0.5) is 23.2 Å². The lowest BCUT2D eigenvalue weighted by molar-refractivity contribution is -0.0438. The molecular weight excluding hydrogens is 960 g/mol. The van der Waals surface area contributed by atoms with Gasteiger partial charge in [-0.2, -0.15) is 13.2 Å². The van der Waals surface area contributed by atoms with Gasteiger partial charge in [0.2, 0.25) is 0 Å². The van der Waals surface area contributed by atoms with Gasteiger partial charge in [-0.15, -0.1) is 0 Å². The molecule has 0 unspecified atom stereocenters. The minimum absolute atomic E-state index is 0.0182. The molecule has 1 aliphatic carbocycles. The Morgan fingerprint density at radius 1 is 0.913 bits per heavy atom. The van der Waals surface area contributed by atoms with Crippen LogP contribution in [0.25, 0.3) is 33.3 Å². The molecule has 14 nitrogen and oxygen atoms in total. The maximum absolute atomic E-state index is 15.6. The summed E-state index contributed by atoms with van der Waals surface area (Å²) in [5.74, 6) is -2.05. The summed E-state index contributed by atoms with van der Waals surface area (Å²) in [5.41, 5.74) is -1.39. The fourth-order valence-electron chi connectivity index (χ4n) is 9.32. The van der Waals surface area contributed by atoms with E-state index in [1.54, 1.807) is 42.3 Å². The number of sulfonamides is 1. The third kappa shape index (κ3) is 10.1. The molecule has 21 heteroatoms. The average Bonchev–Trinajstić information content (AvgIpc) is 3.95. The summed E-state index contributed by atoms with van der Waals surface area (Å²) in [5, 5.41) is 4.52. The van der Waals surface area contributed by atoms with E-state index in [-0.39, 0.29) is 35.6 Å². The lowest BCUT2D eigenvalue weighted by Crippen LogP contribution is -2.47. The number of hydrogen-bond donors (Lipinski definition) is 2. The zero-order chi connectivity index (χ0) is 49.1. The Kier molecular flexibility index (Phi) is 12.9. The third-order valence-corrected chi connectivity index (χ3v) is 16.6. The van der Waals surface area contributed by atoms with Gasteiger partial charge in [-0.1, -0.05) is 43.2 Å². The average molecular weight is 1010 g/mol. The van der Waals surface area contributed by atoms with Gasteiger partial charge >= 0.3 is 5.51 Å². The van der Waals surface area contributed by atoms with Crippen LogP contribution >= 0.6 is 11.6 Å². The number of carbonyl (C=O) groups excluding carboxylic acids is 1. The number of hydrogen-bond acceptors (Lipinski definition) is 11. The molecule has 5 heterocycles. The van der Waals surface area contributed by atoms with Gasteiger partial charge in [0.1, 0.15) is 28.4 Å². The zero-order valence-electron chi connectivity index (χ0n) is 38.1. The second-order valence-corrected chi connectivity index (χ2v) is 23.0. The standard InChI is InChI=1S/C48H51ClF4N8O6S2/c1-46(2)14-12-33(38(27-46)31-4-6-34(49)7-5-31)29-59-20-22-60(23-21-59)35-8-10-37(40(25-35)61-41-24-32-13-17-54-44(32)56-39(41)28-55-61)45(62)57-69(65,66)36-9-11-42(43(26-36)68(63,64)48(51,52)53)67-30-47(50)15-18-58(3)19-16-47/h4-11,13,17,24-26,28,55H,12,14-16,18-23,27,29-30H2,1-3H3,(H,57,62). The molecule has 2 aliphatic heterocycles. The molecule has 2 fully saturated rings. The Balaban J connectivity index is 1.00. The second kappa shape index (κ2) is 18.3. The Morgan fingerprint density at radius 3 is 2.35 bits per heavy atom. The first-order valence-electron chi connectivity index (χ1n) is 22.5. The van der Waals surface area contributed by atoms with Gasteiger partial charge in [-0.25, -0.2) is 35.9 Å². The number of allylic oxidation sites excluding steroid dienone is 1. The number of likely N-dealkylation sites (tertiary alicyclic amines) is 1. The highest BCUT2D eigenvalue weighted by Gasteiger charge is 2.49. The van der Waals surface area contributed by atoms with E-state index in [4.69, 9.17) is 16.3 Å². The predicted octanol–water partition coefficient (Wildman–Crippen LogP) is 8.57. The summed E-state index contributed by atoms with van der Waals surface area (Å²) in [4.78, 5) is 27.1. The summed E-state index contributed by atoms with van der Waals surface area (Å²) in [6, 6.07) is 18.3. The van der Waals surface area contributed by atoms with Gasteiger partial charge in [-0.3, -0.25) is 19.5 Å². The number of halogens is 5. The van der Waals surface area contributed by atoms with Crippen LogP contribution in [0.3, 0.4) is 0 Å². The highest BCUT2D eigenvalue weighted by Crippen LogP contribution is 2.44. The van der Waals surface area contributed by atoms with Crippen molar-refractivity contribution >= 4 is 70.7 Å². The van der Waals surface area contributed by atoms with Crippen LogP contribution < -0.4 is 14.4 Å². The van der Waals surface area contributed by atoms with Crippen molar-refractivity contribution < 1.29 is 43.9 Å². The van der Waals surface area contributed by atoms with E-state index in [2.05, 4.69) is 50.8 Å². The molecular formula is C48H51ClF4N8O6S2. The maximum atomic E-state index is 15.6. The number of aromatic amines is 1. The van der Waals surface area contributed by atoms with E-state index in [0.29, 0.717) is 59.3 Å². The number of H-pyrrole nitrogens is 1. The number of carbonyl (C=O) groups is 1. The smallest absolute Gasteiger partial charge is 0.489 e. The van der Waals surface area contributed by atoms with E-state index < -0.39 is 59.1 Å². The summed E-state index contributed by atoms with van der Waals surface area (Å²) in [6.45, 7) is 8.07. The second-order valence-electron chi connectivity index (χ2n) is 19.0. The van der Waals surface area contributed by atoms with E-state index >= 15 is 4.39 Å². The Bertz CT molecular complexity index is 3200. The number of fused-ring (bicyclic) bond motifs is 2. The molecule has 3 aromatic carbocycles. The number of sulfone groups is 1. The molecule has 0 radical (unpaired) electrons. The minimum atomic E-state index is -6.23. The van der Waals surface area contributed by atoms with Gasteiger partial charge < -0.3 is 14.5 Å². The number of benzene rings is 3. The summed E-state index contributed by atoms with van der Waals surface area (Å²) >= 11 is 6.24. The summed E-state index contributed by atoms with van der Waals surface area (Å²) in [6.07, 6.45) is 6.22. The highest BCUT2D eigenvalue weighted by atomic mass is 35.5. The minimum Gasteiger partial charge on any atom is -0.489 e. The summed E-state index contributed by atoms with van der Waals surface area (Å²) < 4.78 is 120. The van der Waals surface area contributed by atoms with Crippen molar-refractivity contribution in [1.82, 2.24) is 34.3 Å². The van der Waals surface area contributed by atoms with Crippen molar-refractivity contribution in [2.45, 2.75) is 66.9 Å². The molecule has 0 atom stereocenters. The molecule has 3 aliphatic rings. The molecule has 2 N–H and O–H groups in total. The molecule has 0 bridgehead atoms. The molecule has 0 spiro atoms. The number of anilines is 1. The number of alkyl halides is 4. The molecule has 69 heavy (non-hydrogen) atoms. The molecule has 1 amide bonds. The number of amides is 1. The number of pyridine rings is 1. The first-order valence-corrected chi connectivity index (χ1v) is 25.9. The van der Waals surface area contributed by atoms with Crippen LogP contribution in [0.1, 0.15) is 61.9 Å². The monoisotopic (exact) mass is 1010 g/mol. The van der Waals surface area contributed by atoms with Crippen molar-refractivity contribution in [2.24, 2.45) is 5.41 Å². The van der Waals surface area contributed by atoms with Crippen LogP contribution in [0.2, 0.25) is 5.02 Å². The quantitative estimate of drug-likeness (QED) is 0.113. The number of ether oxygens (including phenoxy) is 1. The largest absolute Gasteiger partial charge is 0.502 e. The van der Waals surface area contributed by atoms with E-state index in [0.717, 1.165) is 50.7 Å². The van der Waals surface area contributed by atoms with Crippen molar-refractivity contribution in [3.8, 4) is 11.4 Å². The first kappa shape index (κ1) is 48.5. The van der Waals surface area contributed by atoms with Crippen LogP contribution in [-0.4, -0.2) is 123 Å². The van der Waals surface area contributed by atoms with E-state index in [1.165, 1.54) is 22.8 Å². The fourth-order valence-corrected chi connectivity index (χ4v) is 11.4. The zero-order valence-corrected chi connectivity index (χ0v) is 40.5. The molecule has 6 aromatic rings. The van der Waals surface area contributed by atoms with Gasteiger partial charge in [0.25, 0.3) is 25.8 Å². The van der Waals surface area contributed by atoms with E-state index in [9.17, 15) is 34.8 Å². The number of aromatic nitrogens is 4. The number of piperazine rings is 1. The van der Waals surface area contributed by atoms with Gasteiger partial charge in [0.05, 0.1) is 21.7 Å². The summed E-state index contributed by atoms with van der Waals surface area (Å²) in [7, 11) is -9.52. The molecule has 366 valence electrons. The Morgan fingerprint density at radius 2 is 1.64 bits per heavy atom.